The third-order valence-electron chi connectivity index (χ3n) is 5.10. The van der Waals surface area contributed by atoms with E-state index in [-0.39, 0.29) is 49.6 Å². The van der Waals surface area contributed by atoms with Gasteiger partial charge in [-0.15, -0.1) is 0 Å². The van der Waals surface area contributed by atoms with Crippen molar-refractivity contribution >= 4 is 17.5 Å². The van der Waals surface area contributed by atoms with E-state index in [4.69, 9.17) is 18.9 Å². The van der Waals surface area contributed by atoms with E-state index in [1.54, 1.807) is 19.2 Å². The van der Waals surface area contributed by atoms with Crippen molar-refractivity contribution in [3.8, 4) is 5.75 Å². The Hall–Kier alpha value is -2.20. The van der Waals surface area contributed by atoms with Gasteiger partial charge in [-0.1, -0.05) is 0 Å². The fraction of sp³-hybridized carbons (Fsp3) is 0.600. The lowest BCUT2D eigenvalue weighted by Gasteiger charge is -2.37. The zero-order chi connectivity index (χ0) is 20.8. The van der Waals surface area contributed by atoms with Gasteiger partial charge in [0.15, 0.2) is 0 Å². The van der Waals surface area contributed by atoms with E-state index in [1.165, 1.54) is 7.11 Å². The van der Waals surface area contributed by atoms with Crippen LogP contribution in [0.2, 0.25) is 0 Å². The summed E-state index contributed by atoms with van der Waals surface area (Å²) in [5, 5.41) is 15.4. The maximum atomic E-state index is 12.2. The second-order valence-electron chi connectivity index (χ2n) is 7.18. The van der Waals surface area contributed by atoms with Crippen molar-refractivity contribution in [1.82, 2.24) is 5.32 Å². The first-order valence-electron chi connectivity index (χ1n) is 9.67. The normalized spacial score (nSPS) is 24.9. The number of aliphatic hydroxyl groups is 1. The Morgan fingerprint density at radius 2 is 2.07 bits per heavy atom. The highest BCUT2D eigenvalue weighted by Crippen LogP contribution is 2.47. The minimum Gasteiger partial charge on any atom is -0.487 e. The molecule has 0 saturated carbocycles. The zero-order valence-electron chi connectivity index (χ0n) is 16.7. The van der Waals surface area contributed by atoms with Crippen LogP contribution in [0.5, 0.6) is 5.75 Å². The first kappa shape index (κ1) is 21.5. The van der Waals surface area contributed by atoms with E-state index in [9.17, 15) is 14.7 Å². The molecule has 1 fully saturated rings. The van der Waals surface area contributed by atoms with E-state index in [0.717, 1.165) is 5.56 Å². The molecule has 1 aromatic carbocycles. The van der Waals surface area contributed by atoms with Crippen molar-refractivity contribution in [3.05, 3.63) is 23.8 Å². The lowest BCUT2D eigenvalue weighted by molar-refractivity contribution is -0.142. The number of rotatable bonds is 9. The number of nitrogens with one attached hydrogen (secondary N) is 2. The quantitative estimate of drug-likeness (QED) is 0.507. The van der Waals surface area contributed by atoms with Crippen molar-refractivity contribution in [1.29, 1.82) is 0 Å². The number of ether oxygens (including phenoxy) is 4. The number of methoxy groups -OCH3 is 2. The fourth-order valence-corrected chi connectivity index (χ4v) is 3.87. The highest BCUT2D eigenvalue weighted by atomic mass is 16.6. The van der Waals surface area contributed by atoms with E-state index in [1.807, 2.05) is 6.07 Å². The molecule has 2 aliphatic rings. The van der Waals surface area contributed by atoms with E-state index >= 15 is 0 Å². The molecule has 3 N–H and O–H groups in total. The summed E-state index contributed by atoms with van der Waals surface area (Å²) < 4.78 is 21.7. The fourth-order valence-electron chi connectivity index (χ4n) is 3.87. The zero-order valence-corrected chi connectivity index (χ0v) is 16.7. The Bertz CT molecular complexity index is 727. The average Bonchev–Trinajstić information content (AvgIpc) is 3.06. The number of anilines is 1. The summed E-state index contributed by atoms with van der Waals surface area (Å²) in [5.74, 6) is 0.305. The predicted octanol–water partition coefficient (Wildman–Crippen LogP) is 0.419. The summed E-state index contributed by atoms with van der Waals surface area (Å²) in [6.07, 6.45) is -0.404. The average molecular weight is 408 g/mol. The van der Waals surface area contributed by atoms with Crippen LogP contribution in [0.25, 0.3) is 0 Å². The number of carbonyl (C=O) groups excluding carboxylic acids is 2. The van der Waals surface area contributed by atoms with Gasteiger partial charge >= 0.3 is 0 Å². The number of aliphatic hydroxyl groups excluding tert-OH is 1. The summed E-state index contributed by atoms with van der Waals surface area (Å²) in [5.41, 5.74) is 1.59. The molecule has 0 unspecified atom stereocenters. The molecule has 1 aromatic rings. The molecule has 9 nitrogen and oxygen atoms in total. The first-order valence-corrected chi connectivity index (χ1v) is 9.67. The van der Waals surface area contributed by atoms with Gasteiger partial charge in [0.2, 0.25) is 11.8 Å². The topological polar surface area (TPSA) is 115 Å². The Kier molecular flexibility index (Phi) is 7.43. The Balaban J connectivity index is 1.70. The molecule has 1 saturated heterocycles. The van der Waals surface area contributed by atoms with Crippen LogP contribution in [0.3, 0.4) is 0 Å². The number of carbonyl (C=O) groups is 2. The minimum atomic E-state index is -0.524. The largest absolute Gasteiger partial charge is 0.487 e. The second-order valence-corrected chi connectivity index (χ2v) is 7.18. The monoisotopic (exact) mass is 408 g/mol. The Labute approximate surface area is 169 Å². The van der Waals surface area contributed by atoms with Gasteiger partial charge in [0.05, 0.1) is 25.7 Å². The molecule has 0 radical (unpaired) electrons. The summed E-state index contributed by atoms with van der Waals surface area (Å²) in [4.78, 5) is 24.0. The molecule has 0 aromatic heterocycles. The summed E-state index contributed by atoms with van der Waals surface area (Å²) >= 11 is 0. The highest BCUT2D eigenvalue weighted by molar-refractivity contribution is 5.91. The number of benzene rings is 1. The lowest BCUT2D eigenvalue weighted by atomic mass is 9.84. The molecule has 29 heavy (non-hydrogen) atoms. The van der Waals surface area contributed by atoms with Gasteiger partial charge in [-0.25, -0.2) is 0 Å². The Morgan fingerprint density at radius 1 is 1.24 bits per heavy atom. The number of hydrogen-bond acceptors (Lipinski definition) is 7. The molecule has 4 atom stereocenters. The third-order valence-corrected chi connectivity index (χ3v) is 5.10. The SMILES string of the molecule is COCCNC(=O)C[C@@H]1C[C@@H]2c3cc(NC(=O)COC)ccc3O[C@@H]2[C@@H](CO)O1. The molecular weight excluding hydrogens is 380 g/mol. The van der Waals surface area contributed by atoms with E-state index in [2.05, 4.69) is 10.6 Å². The van der Waals surface area contributed by atoms with Crippen LogP contribution in [-0.4, -0.2) is 75.8 Å². The van der Waals surface area contributed by atoms with Gasteiger partial charge in [0.1, 0.15) is 24.6 Å². The van der Waals surface area contributed by atoms with Crippen molar-refractivity contribution < 1.29 is 33.6 Å². The van der Waals surface area contributed by atoms with Crippen LogP contribution in [0.4, 0.5) is 5.69 Å². The van der Waals surface area contributed by atoms with Gasteiger partial charge in [-0.2, -0.15) is 0 Å². The molecule has 2 heterocycles. The summed E-state index contributed by atoms with van der Waals surface area (Å²) in [7, 11) is 3.04. The molecular formula is C20H28N2O7. The van der Waals surface area contributed by atoms with Crippen molar-refractivity contribution in [2.24, 2.45) is 0 Å². The molecule has 0 spiro atoms. The van der Waals surface area contributed by atoms with Crippen LogP contribution < -0.4 is 15.4 Å². The lowest BCUT2D eigenvalue weighted by Crippen LogP contribution is -2.47. The van der Waals surface area contributed by atoms with Gasteiger partial charge in [-0.3, -0.25) is 9.59 Å². The number of fused-ring (bicyclic) bond motifs is 3. The van der Waals surface area contributed by atoms with Crippen LogP contribution >= 0.6 is 0 Å². The molecule has 160 valence electrons. The third kappa shape index (κ3) is 5.24. The molecule has 0 aliphatic carbocycles. The van der Waals surface area contributed by atoms with Gasteiger partial charge < -0.3 is 34.7 Å². The van der Waals surface area contributed by atoms with Gasteiger partial charge in [0.25, 0.3) is 0 Å². The van der Waals surface area contributed by atoms with Crippen molar-refractivity contribution in [3.63, 3.8) is 0 Å². The van der Waals surface area contributed by atoms with Crippen LogP contribution in [0.1, 0.15) is 24.3 Å². The standard InChI is InChI=1S/C20H28N2O7/c1-26-6-5-21-18(24)9-13-8-15-14-7-12(22-19(25)11-27-2)3-4-16(14)29-20(15)17(10-23)28-13/h3-4,7,13,15,17,20,23H,5-6,8-11H2,1-2H3,(H,21,24)(H,22,25)/t13-,15+,17+,20-/m0/s1. The van der Waals surface area contributed by atoms with Crippen molar-refractivity contribution in [2.45, 2.75) is 37.1 Å². The number of amides is 2. The molecule has 2 amide bonds. The minimum absolute atomic E-state index is 0.0275. The van der Waals surface area contributed by atoms with Crippen LogP contribution in [-0.2, 0) is 23.8 Å². The summed E-state index contributed by atoms with van der Waals surface area (Å²) in [6.45, 7) is 0.655. The van der Waals surface area contributed by atoms with Gasteiger partial charge in [0, 0.05) is 37.9 Å². The Morgan fingerprint density at radius 3 is 2.79 bits per heavy atom. The molecule has 2 aliphatic heterocycles. The van der Waals surface area contributed by atoms with E-state index in [0.29, 0.717) is 31.0 Å². The highest BCUT2D eigenvalue weighted by Gasteiger charge is 2.46. The van der Waals surface area contributed by atoms with Gasteiger partial charge in [-0.05, 0) is 24.6 Å². The smallest absolute Gasteiger partial charge is 0.250 e. The van der Waals surface area contributed by atoms with Crippen LogP contribution in [0.15, 0.2) is 18.2 Å². The van der Waals surface area contributed by atoms with Crippen molar-refractivity contribution in [2.75, 3.05) is 45.9 Å². The predicted molar refractivity (Wildman–Crippen MR) is 104 cm³/mol. The molecule has 9 heteroatoms. The number of hydrogen-bond donors (Lipinski definition) is 3. The van der Waals surface area contributed by atoms with Crippen LogP contribution in [0, 0.1) is 0 Å². The molecule has 3 rings (SSSR count). The maximum absolute atomic E-state index is 12.2. The molecule has 0 bridgehead atoms. The van der Waals surface area contributed by atoms with E-state index < -0.39 is 6.10 Å². The maximum Gasteiger partial charge on any atom is 0.250 e. The first-order chi connectivity index (χ1) is 14.0. The summed E-state index contributed by atoms with van der Waals surface area (Å²) in [6, 6.07) is 5.44. The second kappa shape index (κ2) is 10.0.